The zero-order valence-electron chi connectivity index (χ0n) is 16.3. The zero-order valence-corrected chi connectivity index (χ0v) is 17.9. The fourth-order valence-corrected chi connectivity index (χ4v) is 6.46. The Bertz CT molecular complexity index is 746. The van der Waals surface area contributed by atoms with E-state index in [-0.39, 0.29) is 21.7 Å². The van der Waals surface area contributed by atoms with Crippen LogP contribution in [0.2, 0.25) is 0 Å². The Labute approximate surface area is 155 Å². The molecule has 0 saturated heterocycles. The van der Waals surface area contributed by atoms with Gasteiger partial charge in [-0.25, -0.2) is 4.37 Å². The first kappa shape index (κ1) is 18.1. The van der Waals surface area contributed by atoms with Crippen LogP contribution in [0.25, 0.3) is 0 Å². The van der Waals surface area contributed by atoms with Crippen molar-refractivity contribution >= 4 is 23.1 Å². The molecular formula is C20H30N2S2. The molecule has 2 aromatic rings. The van der Waals surface area contributed by atoms with Crippen LogP contribution in [0.15, 0.2) is 12.3 Å². The molecule has 2 nitrogen and oxygen atoms in total. The molecule has 0 saturated carbocycles. The Morgan fingerprint density at radius 3 is 2.33 bits per heavy atom. The van der Waals surface area contributed by atoms with Gasteiger partial charge in [0.15, 0.2) is 0 Å². The fourth-order valence-electron chi connectivity index (χ4n) is 4.48. The molecule has 2 heterocycles. The highest BCUT2D eigenvalue weighted by atomic mass is 32.1. The fraction of sp³-hybridized carbons (Fsp3) is 0.700. The van der Waals surface area contributed by atoms with Crippen molar-refractivity contribution in [3.8, 4) is 0 Å². The van der Waals surface area contributed by atoms with Crippen molar-refractivity contribution in [1.29, 1.82) is 0 Å². The summed E-state index contributed by atoms with van der Waals surface area (Å²) in [6.07, 6.45) is 4.47. The second-order valence-corrected chi connectivity index (χ2v) is 11.7. The van der Waals surface area contributed by atoms with E-state index in [0.717, 1.165) is 6.42 Å². The number of hydrogen-bond donors (Lipinski definition) is 0. The van der Waals surface area contributed by atoms with Crippen LogP contribution in [0.3, 0.4) is 0 Å². The van der Waals surface area contributed by atoms with Crippen LogP contribution < -0.4 is 0 Å². The molecule has 3 rings (SSSR count). The molecule has 0 spiro atoms. The van der Waals surface area contributed by atoms with E-state index in [2.05, 4.69) is 72.0 Å². The summed E-state index contributed by atoms with van der Waals surface area (Å²) in [6, 6.07) is 2.33. The third-order valence-electron chi connectivity index (χ3n) is 5.45. The van der Waals surface area contributed by atoms with Crippen molar-refractivity contribution in [2.24, 2.45) is 0 Å². The molecule has 1 atom stereocenters. The molecule has 0 bridgehead atoms. The standard InChI is InChI=1S/C20H30N2S2/c1-17(2,3)14-9-15(23-22-14)18(4,5)11-20(8)12-19(6,7)16-13(20)10-21-24-16/h9-10H,11-12H2,1-8H3/t20-/m0/s1. The number of aromatic nitrogens is 2. The van der Waals surface area contributed by atoms with Gasteiger partial charge in [-0.3, -0.25) is 0 Å². The van der Waals surface area contributed by atoms with Gasteiger partial charge in [0.25, 0.3) is 0 Å². The molecule has 132 valence electrons. The van der Waals surface area contributed by atoms with Gasteiger partial charge in [0.1, 0.15) is 0 Å². The number of nitrogens with zero attached hydrogens (tertiary/aromatic N) is 2. The van der Waals surface area contributed by atoms with Gasteiger partial charge < -0.3 is 0 Å². The van der Waals surface area contributed by atoms with Gasteiger partial charge in [-0.15, -0.1) is 0 Å². The SMILES string of the molecule is CC(C)(C)c1cc(C(C)(C)C[C@@]2(C)CC(C)(C)c3sncc32)sn1. The summed E-state index contributed by atoms with van der Waals surface area (Å²) >= 11 is 3.38. The van der Waals surface area contributed by atoms with Gasteiger partial charge in [0, 0.05) is 32.2 Å². The van der Waals surface area contributed by atoms with Crippen molar-refractivity contribution < 1.29 is 0 Å². The Kier molecular flexibility index (Phi) is 4.05. The lowest BCUT2D eigenvalue weighted by atomic mass is 9.69. The van der Waals surface area contributed by atoms with Gasteiger partial charge in [-0.2, -0.15) is 4.37 Å². The first-order valence-corrected chi connectivity index (χ1v) is 10.3. The highest BCUT2D eigenvalue weighted by Gasteiger charge is 2.49. The van der Waals surface area contributed by atoms with Gasteiger partial charge in [-0.1, -0.05) is 55.4 Å². The van der Waals surface area contributed by atoms with E-state index in [9.17, 15) is 0 Å². The van der Waals surface area contributed by atoms with Gasteiger partial charge in [0.2, 0.25) is 0 Å². The van der Waals surface area contributed by atoms with E-state index in [0.29, 0.717) is 0 Å². The maximum absolute atomic E-state index is 4.75. The average molecular weight is 363 g/mol. The Hall–Kier alpha value is -0.740. The summed E-state index contributed by atoms with van der Waals surface area (Å²) in [6.45, 7) is 18.6. The van der Waals surface area contributed by atoms with Crippen molar-refractivity contribution in [1.82, 2.24) is 8.75 Å². The van der Waals surface area contributed by atoms with Crippen LogP contribution in [-0.2, 0) is 21.7 Å². The molecule has 0 N–H and O–H groups in total. The van der Waals surface area contributed by atoms with E-state index < -0.39 is 0 Å². The average Bonchev–Trinajstić information content (AvgIpc) is 3.09. The van der Waals surface area contributed by atoms with Crippen LogP contribution in [0.4, 0.5) is 0 Å². The summed E-state index contributed by atoms with van der Waals surface area (Å²) in [5.74, 6) is 0. The third kappa shape index (κ3) is 2.96. The van der Waals surface area contributed by atoms with Crippen molar-refractivity contribution in [3.63, 3.8) is 0 Å². The summed E-state index contributed by atoms with van der Waals surface area (Å²) in [5, 5.41) is 0. The van der Waals surface area contributed by atoms with Crippen LogP contribution in [0.5, 0.6) is 0 Å². The Balaban J connectivity index is 1.92. The van der Waals surface area contributed by atoms with Crippen LogP contribution in [0, 0.1) is 0 Å². The number of fused-ring (bicyclic) bond motifs is 1. The quantitative estimate of drug-likeness (QED) is 0.649. The molecule has 0 aromatic carbocycles. The molecular weight excluding hydrogens is 332 g/mol. The topological polar surface area (TPSA) is 25.8 Å². The first-order valence-electron chi connectivity index (χ1n) is 8.79. The molecule has 0 aliphatic heterocycles. The minimum atomic E-state index is 0.120. The third-order valence-corrected chi connectivity index (χ3v) is 7.77. The molecule has 2 aromatic heterocycles. The molecule has 0 amide bonds. The van der Waals surface area contributed by atoms with E-state index in [4.69, 9.17) is 4.37 Å². The predicted octanol–water partition coefficient (Wildman–Crippen LogP) is 6.20. The summed E-state index contributed by atoms with van der Waals surface area (Å²) in [5.41, 5.74) is 3.37. The highest BCUT2D eigenvalue weighted by Crippen LogP contribution is 2.55. The zero-order chi connectivity index (χ0) is 18.0. The van der Waals surface area contributed by atoms with E-state index in [1.807, 2.05) is 0 Å². The van der Waals surface area contributed by atoms with Gasteiger partial charge >= 0.3 is 0 Å². The first-order chi connectivity index (χ1) is 10.9. The Morgan fingerprint density at radius 2 is 1.75 bits per heavy atom. The van der Waals surface area contributed by atoms with Crippen LogP contribution in [0.1, 0.15) is 89.2 Å². The molecule has 0 unspecified atom stereocenters. The smallest absolute Gasteiger partial charge is 0.0598 e. The van der Waals surface area contributed by atoms with Gasteiger partial charge in [-0.05, 0) is 53.0 Å². The summed E-state index contributed by atoms with van der Waals surface area (Å²) in [4.78, 5) is 2.89. The van der Waals surface area contributed by atoms with E-state index in [1.54, 1.807) is 23.1 Å². The normalized spacial score (nSPS) is 23.5. The molecule has 1 aliphatic carbocycles. The minimum absolute atomic E-state index is 0.120. The van der Waals surface area contributed by atoms with Gasteiger partial charge in [0.05, 0.1) is 5.69 Å². The number of hydrogen-bond acceptors (Lipinski definition) is 4. The van der Waals surface area contributed by atoms with Crippen molar-refractivity contribution in [2.45, 2.75) is 89.9 Å². The second kappa shape index (κ2) is 5.38. The lowest BCUT2D eigenvalue weighted by Crippen LogP contribution is -2.31. The Morgan fingerprint density at radius 1 is 1.08 bits per heavy atom. The molecule has 24 heavy (non-hydrogen) atoms. The molecule has 0 fully saturated rings. The van der Waals surface area contributed by atoms with Crippen LogP contribution in [-0.4, -0.2) is 8.75 Å². The van der Waals surface area contributed by atoms with Crippen molar-refractivity contribution in [2.75, 3.05) is 0 Å². The van der Waals surface area contributed by atoms with Crippen LogP contribution >= 0.6 is 23.1 Å². The highest BCUT2D eigenvalue weighted by molar-refractivity contribution is 7.06. The summed E-state index contributed by atoms with van der Waals surface area (Å²) in [7, 11) is 0. The van der Waals surface area contributed by atoms with Crippen molar-refractivity contribution in [3.05, 3.63) is 33.3 Å². The number of rotatable bonds is 3. The lowest BCUT2D eigenvalue weighted by Gasteiger charge is -2.35. The summed E-state index contributed by atoms with van der Waals surface area (Å²) < 4.78 is 9.25. The maximum Gasteiger partial charge on any atom is 0.0598 e. The molecule has 1 aliphatic rings. The molecule has 4 heteroatoms. The lowest BCUT2D eigenvalue weighted by molar-refractivity contribution is 0.291. The predicted molar refractivity (Wildman–Crippen MR) is 106 cm³/mol. The second-order valence-electron chi connectivity index (χ2n) is 10.1. The largest absolute Gasteiger partial charge is 0.201 e. The minimum Gasteiger partial charge on any atom is -0.201 e. The van der Waals surface area contributed by atoms with E-state index in [1.165, 1.54) is 27.4 Å². The monoisotopic (exact) mass is 362 g/mol. The molecule has 0 radical (unpaired) electrons. The maximum atomic E-state index is 4.75. The van der Waals surface area contributed by atoms with E-state index >= 15 is 0 Å².